The fourth-order valence-corrected chi connectivity index (χ4v) is 3.20. The third kappa shape index (κ3) is 4.06. The fourth-order valence-electron chi connectivity index (χ4n) is 2.51. The van der Waals surface area contributed by atoms with Crippen LogP contribution >= 0.6 is 11.3 Å². The van der Waals surface area contributed by atoms with E-state index >= 15 is 0 Å². The normalized spacial score (nSPS) is 11.4. The van der Waals surface area contributed by atoms with Crippen molar-refractivity contribution in [3.05, 3.63) is 68.0 Å². The molecule has 6 nitrogen and oxygen atoms in total. The van der Waals surface area contributed by atoms with E-state index < -0.39 is 28.9 Å². The first kappa shape index (κ1) is 19.6. The lowest BCUT2D eigenvalue weighted by Crippen LogP contribution is -2.27. The van der Waals surface area contributed by atoms with E-state index in [1.165, 1.54) is 35.6 Å². The number of rotatable bonds is 5. The van der Waals surface area contributed by atoms with Gasteiger partial charge in [-0.15, -0.1) is 11.3 Å². The van der Waals surface area contributed by atoms with E-state index in [1.807, 2.05) is 6.92 Å². The minimum absolute atomic E-state index is 0.146. The Morgan fingerprint density at radius 1 is 1.29 bits per heavy atom. The van der Waals surface area contributed by atoms with Crippen molar-refractivity contribution < 1.29 is 22.7 Å². The molecular weight excluding hydrogens is 395 g/mol. The molecule has 0 saturated carbocycles. The number of aromatic amines is 1. The average Bonchev–Trinajstić information content (AvgIpc) is 3.04. The number of halogens is 3. The minimum Gasteiger partial charge on any atom is -0.488 e. The van der Waals surface area contributed by atoms with Crippen molar-refractivity contribution in [1.82, 2.24) is 9.97 Å². The molecule has 0 bridgehead atoms. The van der Waals surface area contributed by atoms with Crippen LogP contribution in [0.25, 0.3) is 11.1 Å². The monoisotopic (exact) mass is 409 g/mol. The number of thiazole rings is 1. The van der Waals surface area contributed by atoms with Crippen LogP contribution in [0.4, 0.5) is 13.2 Å². The zero-order valence-electron chi connectivity index (χ0n) is 14.5. The molecule has 0 aliphatic carbocycles. The van der Waals surface area contributed by atoms with Gasteiger partial charge in [-0.3, -0.25) is 9.59 Å². The van der Waals surface area contributed by atoms with E-state index in [-0.39, 0.29) is 17.7 Å². The summed E-state index contributed by atoms with van der Waals surface area (Å²) in [4.78, 5) is 29.8. The fraction of sp³-hybridized carbons (Fsp3) is 0.167. The molecular formula is C18H14F3N3O3S. The second-order valence-corrected chi connectivity index (χ2v) is 6.78. The summed E-state index contributed by atoms with van der Waals surface area (Å²) in [6, 6.07) is 6.66. The smallest absolute Gasteiger partial charge is 0.431 e. The van der Waals surface area contributed by atoms with Crippen molar-refractivity contribution in [2.75, 3.05) is 0 Å². The van der Waals surface area contributed by atoms with E-state index in [0.717, 1.165) is 16.6 Å². The molecule has 146 valence electrons. The number of carbonyl (C=O) groups excluding carboxylic acids is 1. The van der Waals surface area contributed by atoms with Crippen molar-refractivity contribution in [2.24, 2.45) is 5.73 Å². The van der Waals surface area contributed by atoms with Crippen LogP contribution in [0.5, 0.6) is 5.75 Å². The summed E-state index contributed by atoms with van der Waals surface area (Å²) in [7, 11) is 0. The molecule has 1 amide bonds. The Morgan fingerprint density at radius 2 is 1.96 bits per heavy atom. The molecule has 10 heteroatoms. The molecule has 3 N–H and O–H groups in total. The predicted octanol–water partition coefficient (Wildman–Crippen LogP) is 3.50. The molecule has 0 radical (unpaired) electrons. The van der Waals surface area contributed by atoms with Crippen LogP contribution < -0.4 is 16.0 Å². The van der Waals surface area contributed by atoms with Crippen molar-refractivity contribution in [2.45, 2.75) is 19.7 Å². The van der Waals surface area contributed by atoms with E-state index in [0.29, 0.717) is 5.75 Å². The number of nitrogens with two attached hydrogens (primary N) is 1. The third-order valence-corrected chi connectivity index (χ3v) is 4.88. The largest absolute Gasteiger partial charge is 0.488 e. The molecule has 3 aromatic rings. The van der Waals surface area contributed by atoms with Crippen LogP contribution in [0, 0.1) is 6.92 Å². The lowest BCUT2D eigenvalue weighted by molar-refractivity contribution is -0.140. The molecule has 0 atom stereocenters. The topological polar surface area (TPSA) is 98.1 Å². The van der Waals surface area contributed by atoms with E-state index in [1.54, 1.807) is 10.5 Å². The number of pyridine rings is 1. The number of hydrogen-bond acceptors (Lipinski definition) is 5. The molecule has 28 heavy (non-hydrogen) atoms. The lowest BCUT2D eigenvalue weighted by Gasteiger charge is -2.14. The van der Waals surface area contributed by atoms with Crippen LogP contribution in [0.15, 0.2) is 40.6 Å². The molecule has 0 saturated heterocycles. The van der Waals surface area contributed by atoms with Crippen LogP contribution in [-0.2, 0) is 12.8 Å². The zero-order chi connectivity index (χ0) is 20.5. The Bertz CT molecular complexity index is 1070. The Morgan fingerprint density at radius 3 is 2.50 bits per heavy atom. The minimum atomic E-state index is -4.82. The van der Waals surface area contributed by atoms with Gasteiger partial charge in [0, 0.05) is 5.56 Å². The molecule has 1 aromatic carbocycles. The highest BCUT2D eigenvalue weighted by Crippen LogP contribution is 2.35. The number of aromatic nitrogens is 2. The first-order valence-electron chi connectivity index (χ1n) is 7.93. The number of alkyl halides is 3. The Balaban J connectivity index is 1.94. The summed E-state index contributed by atoms with van der Waals surface area (Å²) in [5.74, 6) is -0.666. The molecule has 0 fully saturated rings. The second-order valence-electron chi connectivity index (χ2n) is 5.84. The first-order chi connectivity index (χ1) is 13.2. The SMILES string of the molecule is Cc1ncsc1COc1ccc(-c2cc(C(N)=O)c(=O)[nH]c2C(F)(F)F)cc1. The van der Waals surface area contributed by atoms with Crippen LogP contribution in [0.1, 0.15) is 26.6 Å². The number of aryl methyl sites for hydroxylation is 1. The maximum Gasteiger partial charge on any atom is 0.431 e. The number of hydrogen-bond donors (Lipinski definition) is 2. The third-order valence-electron chi connectivity index (χ3n) is 3.97. The Hall–Kier alpha value is -3.14. The Labute approximate surface area is 160 Å². The van der Waals surface area contributed by atoms with Gasteiger partial charge >= 0.3 is 6.18 Å². The van der Waals surface area contributed by atoms with Gasteiger partial charge in [0.1, 0.15) is 23.6 Å². The van der Waals surface area contributed by atoms with Crippen molar-refractivity contribution in [3.63, 3.8) is 0 Å². The maximum absolute atomic E-state index is 13.3. The second kappa shape index (κ2) is 7.47. The van der Waals surface area contributed by atoms with Gasteiger partial charge < -0.3 is 15.5 Å². The molecule has 2 heterocycles. The molecule has 0 aliphatic heterocycles. The highest BCUT2D eigenvalue weighted by Gasteiger charge is 2.36. The summed E-state index contributed by atoms with van der Waals surface area (Å²) in [5, 5.41) is 0. The van der Waals surface area contributed by atoms with Gasteiger partial charge in [0.2, 0.25) is 0 Å². The van der Waals surface area contributed by atoms with Gasteiger partial charge in [-0.25, -0.2) is 4.98 Å². The van der Waals surface area contributed by atoms with Gasteiger partial charge in [-0.05, 0) is 30.7 Å². The summed E-state index contributed by atoms with van der Waals surface area (Å²) in [6.45, 7) is 2.14. The number of H-pyrrole nitrogens is 1. The number of carbonyl (C=O) groups is 1. The molecule has 2 aromatic heterocycles. The molecule has 0 unspecified atom stereocenters. The number of nitrogens with zero attached hydrogens (tertiary/aromatic N) is 1. The van der Waals surface area contributed by atoms with Crippen molar-refractivity contribution in [3.8, 4) is 16.9 Å². The zero-order valence-corrected chi connectivity index (χ0v) is 15.3. The van der Waals surface area contributed by atoms with Crippen molar-refractivity contribution >= 4 is 17.2 Å². The number of primary amides is 1. The number of amides is 1. The van der Waals surface area contributed by atoms with E-state index in [9.17, 15) is 22.8 Å². The van der Waals surface area contributed by atoms with Gasteiger partial charge in [0.25, 0.3) is 11.5 Å². The highest BCUT2D eigenvalue weighted by molar-refractivity contribution is 7.09. The van der Waals surface area contributed by atoms with Gasteiger partial charge in [-0.2, -0.15) is 13.2 Å². The van der Waals surface area contributed by atoms with Crippen LogP contribution in [0.3, 0.4) is 0 Å². The van der Waals surface area contributed by atoms with Gasteiger partial charge in [0.15, 0.2) is 0 Å². The highest BCUT2D eigenvalue weighted by atomic mass is 32.1. The standard InChI is InChI=1S/C18H14F3N3O3S/c1-9-14(28-8-23-9)7-27-11-4-2-10(3-5-11)12-6-13(16(22)25)17(26)24-15(12)18(19,20)21/h2-6,8H,7H2,1H3,(H2,22,25)(H,24,26). The first-order valence-corrected chi connectivity index (χ1v) is 8.81. The summed E-state index contributed by atoms with van der Waals surface area (Å²) >= 11 is 1.44. The summed E-state index contributed by atoms with van der Waals surface area (Å²) in [5.41, 5.74) is 4.42. The molecule has 3 rings (SSSR count). The molecule has 0 aliphatic rings. The van der Waals surface area contributed by atoms with Crippen LogP contribution in [0.2, 0.25) is 0 Å². The van der Waals surface area contributed by atoms with Gasteiger partial charge in [0.05, 0.1) is 16.1 Å². The number of nitrogens with one attached hydrogen (secondary N) is 1. The van der Waals surface area contributed by atoms with Gasteiger partial charge in [-0.1, -0.05) is 12.1 Å². The van der Waals surface area contributed by atoms with E-state index in [2.05, 4.69) is 4.98 Å². The lowest BCUT2D eigenvalue weighted by atomic mass is 10.0. The van der Waals surface area contributed by atoms with E-state index in [4.69, 9.17) is 10.5 Å². The average molecular weight is 409 g/mol. The number of benzene rings is 1. The Kier molecular flexibility index (Phi) is 5.23. The number of ether oxygens (including phenoxy) is 1. The van der Waals surface area contributed by atoms with Crippen molar-refractivity contribution in [1.29, 1.82) is 0 Å². The summed E-state index contributed by atoms with van der Waals surface area (Å²) < 4.78 is 45.6. The van der Waals surface area contributed by atoms with Crippen LogP contribution in [-0.4, -0.2) is 15.9 Å². The quantitative estimate of drug-likeness (QED) is 0.674. The summed E-state index contributed by atoms with van der Waals surface area (Å²) in [6.07, 6.45) is -4.82. The molecule has 0 spiro atoms. The maximum atomic E-state index is 13.3. The predicted molar refractivity (Wildman–Crippen MR) is 97.2 cm³/mol.